The molecule has 0 bridgehead atoms. The number of para-hydroxylation sites is 1. The van der Waals surface area contributed by atoms with Gasteiger partial charge in [-0.2, -0.15) is 0 Å². The van der Waals surface area contributed by atoms with Crippen molar-refractivity contribution in [2.75, 3.05) is 0 Å². The number of Topliss-reactive ketones (excluding diaryl/α,β-unsaturated/α-hetero) is 2. The first-order valence-electron chi connectivity index (χ1n) is 12.9. The van der Waals surface area contributed by atoms with Gasteiger partial charge in [-0.3, -0.25) is 14.2 Å². The van der Waals surface area contributed by atoms with Gasteiger partial charge in [-0.05, 0) is 58.6 Å². The zero-order valence-electron chi connectivity index (χ0n) is 21.3. The van der Waals surface area contributed by atoms with Gasteiger partial charge in [0.25, 0.3) is 0 Å². The molecule has 7 heteroatoms. The molecule has 6 nitrogen and oxygen atoms in total. The maximum absolute atomic E-state index is 13.5. The summed E-state index contributed by atoms with van der Waals surface area (Å²) in [7, 11) is 1.95. The van der Waals surface area contributed by atoms with Crippen LogP contribution in [0, 0.1) is 0 Å². The second kappa shape index (κ2) is 8.43. The normalized spacial score (nSPS) is 13.2. The standard InChI is InChI=1S/C33H20N4O2S/c1-36-31(27-17-21-11-7-8-14-26(21)40-27)35-33-32(36)34-28(37(33)22-12-3-2-4-13-22)18-25-29(38)23-15-19-9-5-6-10-20(19)16-24(23)30(25)39/h2-18H,1H3. The minimum Gasteiger partial charge on any atom is -0.310 e. The van der Waals surface area contributed by atoms with Crippen LogP contribution in [0.25, 0.3) is 54.6 Å². The molecule has 7 aromatic rings. The van der Waals surface area contributed by atoms with Crippen molar-refractivity contribution < 1.29 is 9.59 Å². The van der Waals surface area contributed by atoms with Crippen LogP contribution in [-0.2, 0) is 7.05 Å². The monoisotopic (exact) mass is 536 g/mol. The van der Waals surface area contributed by atoms with Crippen LogP contribution in [0.4, 0.5) is 0 Å². The third-order valence-electron chi connectivity index (χ3n) is 7.51. The lowest BCUT2D eigenvalue weighted by Gasteiger charge is -2.06. The maximum Gasteiger partial charge on any atom is 0.197 e. The van der Waals surface area contributed by atoms with Crippen molar-refractivity contribution in [3.63, 3.8) is 0 Å². The SMILES string of the molecule is Cn1c(-c2cc3ccccc3s2)nc2c1nc(C=C1C(=O)c3cc4ccccc4cc3C1=O)n2-c1ccccc1. The van der Waals surface area contributed by atoms with Crippen LogP contribution in [0.15, 0.2) is 103 Å². The van der Waals surface area contributed by atoms with Crippen molar-refractivity contribution in [1.82, 2.24) is 19.1 Å². The zero-order valence-corrected chi connectivity index (χ0v) is 22.1. The van der Waals surface area contributed by atoms with Gasteiger partial charge in [0.1, 0.15) is 5.82 Å². The van der Waals surface area contributed by atoms with Crippen molar-refractivity contribution >= 4 is 61.1 Å². The molecule has 0 amide bonds. The van der Waals surface area contributed by atoms with E-state index >= 15 is 0 Å². The fourth-order valence-electron chi connectivity index (χ4n) is 5.53. The van der Waals surface area contributed by atoms with Gasteiger partial charge in [0, 0.05) is 28.6 Å². The van der Waals surface area contributed by atoms with E-state index < -0.39 is 0 Å². The van der Waals surface area contributed by atoms with Gasteiger partial charge in [-0.1, -0.05) is 60.7 Å². The summed E-state index contributed by atoms with van der Waals surface area (Å²) >= 11 is 1.69. The molecule has 4 aromatic carbocycles. The first-order valence-corrected chi connectivity index (χ1v) is 13.7. The quantitative estimate of drug-likeness (QED) is 0.176. The van der Waals surface area contributed by atoms with Gasteiger partial charge in [-0.25, -0.2) is 9.97 Å². The number of imidazole rings is 2. The predicted octanol–water partition coefficient (Wildman–Crippen LogP) is 7.26. The number of thiophene rings is 1. The Bertz CT molecular complexity index is 2130. The topological polar surface area (TPSA) is 69.8 Å². The van der Waals surface area contributed by atoms with Crippen LogP contribution in [0.1, 0.15) is 26.5 Å². The Morgan fingerprint density at radius 3 is 2.00 bits per heavy atom. The number of carbonyl (C=O) groups excluding carboxylic acids is 2. The fourth-order valence-corrected chi connectivity index (χ4v) is 6.62. The molecule has 0 radical (unpaired) electrons. The van der Waals surface area contributed by atoms with Gasteiger partial charge < -0.3 is 4.57 Å². The number of carbonyl (C=O) groups is 2. The molecule has 1 aliphatic rings. The van der Waals surface area contributed by atoms with E-state index in [0.717, 1.165) is 27.2 Å². The van der Waals surface area contributed by atoms with E-state index in [1.54, 1.807) is 17.4 Å². The summed E-state index contributed by atoms with van der Waals surface area (Å²) in [5.41, 5.74) is 3.16. The Hall–Kier alpha value is -5.14. The second-order valence-electron chi connectivity index (χ2n) is 9.89. The minimum absolute atomic E-state index is 0.113. The van der Waals surface area contributed by atoms with Crippen LogP contribution in [-0.4, -0.2) is 30.7 Å². The highest BCUT2D eigenvalue weighted by atomic mass is 32.1. The van der Waals surface area contributed by atoms with Crippen molar-refractivity contribution in [2.24, 2.45) is 7.05 Å². The first-order chi connectivity index (χ1) is 19.6. The summed E-state index contributed by atoms with van der Waals surface area (Å²) in [6.45, 7) is 0. The van der Waals surface area contributed by atoms with Gasteiger partial charge in [0.15, 0.2) is 28.7 Å². The first kappa shape index (κ1) is 22.8. The van der Waals surface area contributed by atoms with Gasteiger partial charge in [-0.15, -0.1) is 11.3 Å². The predicted molar refractivity (Wildman–Crippen MR) is 159 cm³/mol. The minimum atomic E-state index is -0.281. The molecular weight excluding hydrogens is 516 g/mol. The number of aryl methyl sites for hydroxylation is 1. The fraction of sp³-hybridized carbons (Fsp3) is 0.0303. The van der Waals surface area contributed by atoms with Gasteiger partial charge in [0.2, 0.25) is 0 Å². The zero-order chi connectivity index (χ0) is 27.0. The molecule has 3 heterocycles. The highest BCUT2D eigenvalue weighted by molar-refractivity contribution is 7.22. The lowest BCUT2D eigenvalue weighted by molar-refractivity contribution is 0.0990. The van der Waals surface area contributed by atoms with Gasteiger partial charge >= 0.3 is 0 Å². The number of hydrogen-bond donors (Lipinski definition) is 0. The Labute approximate surface area is 232 Å². The Balaban J connectivity index is 1.32. The summed E-state index contributed by atoms with van der Waals surface area (Å²) < 4.78 is 5.08. The third-order valence-corrected chi connectivity index (χ3v) is 8.62. The largest absolute Gasteiger partial charge is 0.310 e. The van der Waals surface area contributed by atoms with Crippen molar-refractivity contribution in [2.45, 2.75) is 0 Å². The number of rotatable bonds is 3. The third kappa shape index (κ3) is 3.28. The summed E-state index contributed by atoms with van der Waals surface area (Å²) in [6, 6.07) is 31.6. The van der Waals surface area contributed by atoms with E-state index in [9.17, 15) is 9.59 Å². The molecule has 8 rings (SSSR count). The van der Waals surface area contributed by atoms with Crippen LogP contribution in [0.5, 0.6) is 0 Å². The molecule has 1 aliphatic carbocycles. The highest BCUT2D eigenvalue weighted by Crippen LogP contribution is 2.36. The molecule has 0 aliphatic heterocycles. The average molecular weight is 537 g/mol. The van der Waals surface area contributed by atoms with Crippen LogP contribution < -0.4 is 0 Å². The van der Waals surface area contributed by atoms with Crippen LogP contribution in [0.3, 0.4) is 0 Å². The highest BCUT2D eigenvalue weighted by Gasteiger charge is 2.34. The summed E-state index contributed by atoms with van der Waals surface area (Å²) in [6.07, 6.45) is 1.61. The van der Waals surface area contributed by atoms with Crippen molar-refractivity contribution in [3.8, 4) is 16.4 Å². The Kier molecular flexibility index (Phi) is 4.81. The molecule has 3 aromatic heterocycles. The number of fused-ring (bicyclic) bond motifs is 4. The molecule has 0 N–H and O–H groups in total. The maximum atomic E-state index is 13.5. The molecule has 0 atom stereocenters. The average Bonchev–Trinajstić information content (AvgIpc) is 3.71. The molecule has 0 fully saturated rings. The van der Waals surface area contributed by atoms with E-state index in [4.69, 9.17) is 9.97 Å². The molecular formula is C33H20N4O2S. The van der Waals surface area contributed by atoms with E-state index in [0.29, 0.717) is 28.2 Å². The van der Waals surface area contributed by atoms with Crippen LogP contribution >= 0.6 is 11.3 Å². The number of aromatic nitrogens is 4. The molecule has 190 valence electrons. The summed E-state index contributed by atoms with van der Waals surface area (Å²) in [4.78, 5) is 38.0. The Morgan fingerprint density at radius 2 is 1.32 bits per heavy atom. The van der Waals surface area contributed by atoms with E-state index in [1.807, 2.05) is 95.0 Å². The second-order valence-corrected chi connectivity index (χ2v) is 11.0. The Morgan fingerprint density at radius 1 is 0.700 bits per heavy atom. The number of ketones is 2. The van der Waals surface area contributed by atoms with E-state index in [-0.39, 0.29) is 17.1 Å². The number of hydrogen-bond acceptors (Lipinski definition) is 5. The van der Waals surface area contributed by atoms with E-state index in [2.05, 4.69) is 18.2 Å². The van der Waals surface area contributed by atoms with Gasteiger partial charge in [0.05, 0.1) is 10.5 Å². The summed E-state index contributed by atoms with van der Waals surface area (Å²) in [5, 5.41) is 3.03. The van der Waals surface area contributed by atoms with Crippen LogP contribution in [0.2, 0.25) is 0 Å². The lowest BCUT2D eigenvalue weighted by atomic mass is 10.0. The number of benzene rings is 4. The molecule has 0 saturated heterocycles. The van der Waals surface area contributed by atoms with Crippen molar-refractivity contribution in [1.29, 1.82) is 0 Å². The molecule has 0 unspecified atom stereocenters. The molecule has 0 spiro atoms. The molecule has 0 saturated carbocycles. The van der Waals surface area contributed by atoms with E-state index in [1.165, 1.54) is 10.1 Å². The smallest absolute Gasteiger partial charge is 0.197 e. The number of allylic oxidation sites excluding steroid dienone is 1. The van der Waals surface area contributed by atoms with Crippen molar-refractivity contribution in [3.05, 3.63) is 120 Å². The number of nitrogens with zero attached hydrogens (tertiary/aromatic N) is 4. The lowest BCUT2D eigenvalue weighted by Crippen LogP contribution is -2.04. The molecule has 40 heavy (non-hydrogen) atoms. The summed E-state index contributed by atoms with van der Waals surface area (Å²) in [5.74, 6) is 0.735.